The number of benzene rings is 2. The standard InChI is InChI=1S/C22H23FN2O4/c1-3-28-21-13-16(11-18(14-24)22(26)25-9-10-27-2)7-8-20(21)29-15-17-5-4-6-19(23)12-17/h4-8,11-13H,3,9-10,15H2,1-2H3,(H,25,26)/b18-11+. The largest absolute Gasteiger partial charge is 0.490 e. The molecule has 0 aromatic heterocycles. The molecule has 2 aromatic rings. The van der Waals surface area contributed by atoms with Gasteiger partial charge in [0.15, 0.2) is 11.5 Å². The molecular formula is C22H23FN2O4. The topological polar surface area (TPSA) is 80.6 Å². The summed E-state index contributed by atoms with van der Waals surface area (Å²) < 4.78 is 29.6. The van der Waals surface area contributed by atoms with Gasteiger partial charge < -0.3 is 19.5 Å². The van der Waals surface area contributed by atoms with E-state index >= 15 is 0 Å². The molecule has 0 saturated carbocycles. The number of carbonyl (C=O) groups is 1. The van der Waals surface area contributed by atoms with Gasteiger partial charge in [-0.1, -0.05) is 18.2 Å². The van der Waals surface area contributed by atoms with Gasteiger partial charge in [-0.05, 0) is 48.4 Å². The maximum absolute atomic E-state index is 13.3. The van der Waals surface area contributed by atoms with Crippen LogP contribution < -0.4 is 14.8 Å². The summed E-state index contributed by atoms with van der Waals surface area (Å²) in [4.78, 5) is 12.1. The van der Waals surface area contributed by atoms with Gasteiger partial charge in [0.05, 0.1) is 13.2 Å². The molecule has 0 aliphatic rings. The van der Waals surface area contributed by atoms with E-state index in [1.54, 1.807) is 30.3 Å². The summed E-state index contributed by atoms with van der Waals surface area (Å²) in [6.07, 6.45) is 1.47. The lowest BCUT2D eigenvalue weighted by Crippen LogP contribution is -2.27. The molecule has 0 heterocycles. The van der Waals surface area contributed by atoms with Gasteiger partial charge in [0.25, 0.3) is 5.91 Å². The van der Waals surface area contributed by atoms with Crippen molar-refractivity contribution < 1.29 is 23.4 Å². The second kappa shape index (κ2) is 11.5. The van der Waals surface area contributed by atoms with Crippen molar-refractivity contribution in [2.45, 2.75) is 13.5 Å². The van der Waals surface area contributed by atoms with Crippen molar-refractivity contribution in [1.29, 1.82) is 5.26 Å². The predicted octanol–water partition coefficient (Wildman–Crippen LogP) is 3.47. The average molecular weight is 398 g/mol. The zero-order valence-corrected chi connectivity index (χ0v) is 16.4. The second-order valence-corrected chi connectivity index (χ2v) is 5.98. The van der Waals surface area contributed by atoms with E-state index in [-0.39, 0.29) is 18.0 Å². The van der Waals surface area contributed by atoms with Gasteiger partial charge in [0, 0.05) is 13.7 Å². The van der Waals surface area contributed by atoms with E-state index < -0.39 is 5.91 Å². The fourth-order valence-electron chi connectivity index (χ4n) is 2.47. The number of nitrogens with one attached hydrogen (secondary N) is 1. The Balaban J connectivity index is 2.16. The van der Waals surface area contributed by atoms with Gasteiger partial charge in [-0.2, -0.15) is 5.26 Å². The lowest BCUT2D eigenvalue weighted by Gasteiger charge is -2.13. The van der Waals surface area contributed by atoms with E-state index in [1.807, 2.05) is 13.0 Å². The maximum Gasteiger partial charge on any atom is 0.262 e. The molecular weight excluding hydrogens is 375 g/mol. The molecule has 0 bridgehead atoms. The molecule has 7 heteroatoms. The summed E-state index contributed by atoms with van der Waals surface area (Å²) in [6, 6.07) is 13.1. The van der Waals surface area contributed by atoms with Crippen molar-refractivity contribution in [3.8, 4) is 17.6 Å². The van der Waals surface area contributed by atoms with Crippen LogP contribution in [0.5, 0.6) is 11.5 Å². The Morgan fingerprint density at radius 3 is 2.72 bits per heavy atom. The summed E-state index contributed by atoms with van der Waals surface area (Å²) in [5.41, 5.74) is 1.28. The molecule has 1 N–H and O–H groups in total. The molecule has 0 fully saturated rings. The van der Waals surface area contributed by atoms with Crippen LogP contribution >= 0.6 is 0 Å². The molecule has 29 heavy (non-hydrogen) atoms. The van der Waals surface area contributed by atoms with Crippen molar-refractivity contribution in [1.82, 2.24) is 5.32 Å². The van der Waals surface area contributed by atoms with E-state index in [0.717, 1.165) is 0 Å². The van der Waals surface area contributed by atoms with Gasteiger partial charge >= 0.3 is 0 Å². The van der Waals surface area contributed by atoms with Crippen molar-refractivity contribution in [3.63, 3.8) is 0 Å². The lowest BCUT2D eigenvalue weighted by atomic mass is 10.1. The average Bonchev–Trinajstić information content (AvgIpc) is 2.71. The van der Waals surface area contributed by atoms with Crippen molar-refractivity contribution in [2.24, 2.45) is 0 Å². The molecule has 2 aromatic carbocycles. The molecule has 0 aliphatic carbocycles. The van der Waals surface area contributed by atoms with Crippen molar-refractivity contribution in [3.05, 3.63) is 65.0 Å². The number of hydrogen-bond donors (Lipinski definition) is 1. The fraction of sp³-hybridized carbons (Fsp3) is 0.273. The summed E-state index contributed by atoms with van der Waals surface area (Å²) in [7, 11) is 1.53. The van der Waals surface area contributed by atoms with Gasteiger partial charge in [0.2, 0.25) is 0 Å². The third kappa shape index (κ3) is 6.94. The van der Waals surface area contributed by atoms with E-state index in [1.165, 1.54) is 25.3 Å². The third-order valence-electron chi connectivity index (χ3n) is 3.82. The van der Waals surface area contributed by atoms with Crippen LogP contribution in [0.25, 0.3) is 6.08 Å². The smallest absolute Gasteiger partial charge is 0.262 e. The Kier molecular flexibility index (Phi) is 8.67. The molecule has 0 atom stereocenters. The molecule has 0 radical (unpaired) electrons. The number of methoxy groups -OCH3 is 1. The van der Waals surface area contributed by atoms with Crippen LogP contribution in [0.15, 0.2) is 48.0 Å². The van der Waals surface area contributed by atoms with Gasteiger partial charge in [-0.25, -0.2) is 4.39 Å². The number of hydrogen-bond acceptors (Lipinski definition) is 5. The predicted molar refractivity (Wildman–Crippen MR) is 107 cm³/mol. The lowest BCUT2D eigenvalue weighted by molar-refractivity contribution is -0.117. The van der Waals surface area contributed by atoms with Gasteiger partial charge in [-0.3, -0.25) is 4.79 Å². The molecule has 0 saturated heterocycles. The molecule has 1 amide bonds. The zero-order chi connectivity index (χ0) is 21.1. The number of nitrogens with zero attached hydrogens (tertiary/aromatic N) is 1. The van der Waals surface area contributed by atoms with Crippen LogP contribution in [-0.2, 0) is 16.1 Å². The minimum atomic E-state index is -0.478. The van der Waals surface area contributed by atoms with Gasteiger partial charge in [-0.15, -0.1) is 0 Å². The van der Waals surface area contributed by atoms with E-state index in [0.29, 0.717) is 42.4 Å². The Bertz CT molecular complexity index is 906. The van der Waals surface area contributed by atoms with Crippen LogP contribution in [0.2, 0.25) is 0 Å². The number of rotatable bonds is 10. The molecule has 6 nitrogen and oxygen atoms in total. The van der Waals surface area contributed by atoms with Gasteiger partial charge in [0.1, 0.15) is 24.1 Å². The first kappa shape index (κ1) is 21.9. The minimum Gasteiger partial charge on any atom is -0.490 e. The van der Waals surface area contributed by atoms with Crippen molar-refractivity contribution >= 4 is 12.0 Å². The third-order valence-corrected chi connectivity index (χ3v) is 3.82. The SMILES string of the molecule is CCOc1cc(/C=C(\C#N)C(=O)NCCOC)ccc1OCc1cccc(F)c1. The van der Waals surface area contributed by atoms with Crippen molar-refractivity contribution in [2.75, 3.05) is 26.9 Å². The number of nitriles is 1. The molecule has 0 unspecified atom stereocenters. The molecule has 0 spiro atoms. The first-order valence-electron chi connectivity index (χ1n) is 9.10. The van der Waals surface area contributed by atoms with Crippen LogP contribution in [0.4, 0.5) is 4.39 Å². The Morgan fingerprint density at radius 1 is 1.21 bits per heavy atom. The van der Waals surface area contributed by atoms with Crippen LogP contribution in [-0.4, -0.2) is 32.8 Å². The highest BCUT2D eigenvalue weighted by Crippen LogP contribution is 2.30. The second-order valence-electron chi connectivity index (χ2n) is 5.98. The summed E-state index contributed by atoms with van der Waals surface area (Å²) in [6.45, 7) is 3.09. The normalized spacial score (nSPS) is 10.9. The highest BCUT2D eigenvalue weighted by molar-refractivity contribution is 6.01. The quantitative estimate of drug-likeness (QED) is 0.377. The van der Waals surface area contributed by atoms with E-state index in [4.69, 9.17) is 14.2 Å². The highest BCUT2D eigenvalue weighted by Gasteiger charge is 2.11. The molecule has 2 rings (SSSR count). The summed E-state index contributed by atoms with van der Waals surface area (Å²) in [5.74, 6) is 0.143. The Labute approximate surface area is 169 Å². The van der Waals surface area contributed by atoms with E-state index in [2.05, 4.69) is 5.32 Å². The molecule has 0 aliphatic heterocycles. The highest BCUT2D eigenvalue weighted by atomic mass is 19.1. The van der Waals surface area contributed by atoms with Crippen LogP contribution in [0, 0.1) is 17.1 Å². The first-order chi connectivity index (χ1) is 14.1. The van der Waals surface area contributed by atoms with Crippen LogP contribution in [0.3, 0.4) is 0 Å². The first-order valence-corrected chi connectivity index (χ1v) is 9.10. The monoisotopic (exact) mass is 398 g/mol. The van der Waals surface area contributed by atoms with E-state index in [9.17, 15) is 14.4 Å². The Morgan fingerprint density at radius 2 is 2.03 bits per heavy atom. The maximum atomic E-state index is 13.3. The summed E-state index contributed by atoms with van der Waals surface area (Å²) in [5, 5.41) is 11.9. The molecule has 152 valence electrons. The number of halogens is 1. The zero-order valence-electron chi connectivity index (χ0n) is 16.4. The number of ether oxygens (including phenoxy) is 3. The number of carbonyl (C=O) groups excluding carboxylic acids is 1. The fourth-order valence-corrected chi connectivity index (χ4v) is 2.47. The minimum absolute atomic E-state index is 0.0306. The summed E-state index contributed by atoms with van der Waals surface area (Å²) >= 11 is 0. The van der Waals surface area contributed by atoms with Crippen LogP contribution in [0.1, 0.15) is 18.1 Å². The number of amides is 1. The Hall–Kier alpha value is -3.37.